The third-order valence-electron chi connectivity index (χ3n) is 4.19. The monoisotopic (exact) mass is 153 g/mol. The van der Waals surface area contributed by atoms with Crippen molar-refractivity contribution in [3.8, 4) is 0 Å². The van der Waals surface area contributed by atoms with Crippen LogP contribution in [0.2, 0.25) is 0 Å². The van der Waals surface area contributed by atoms with Crippen LogP contribution in [0.25, 0.3) is 0 Å². The molecular weight excluding hydrogens is 134 g/mol. The Morgan fingerprint density at radius 1 is 0.909 bits per heavy atom. The number of rotatable bonds is 0. The molecular formula is C10H19N. The van der Waals surface area contributed by atoms with Gasteiger partial charge in [0.15, 0.2) is 0 Å². The summed E-state index contributed by atoms with van der Waals surface area (Å²) in [7, 11) is 0. The summed E-state index contributed by atoms with van der Waals surface area (Å²) in [5.41, 5.74) is 1.23. The van der Waals surface area contributed by atoms with Crippen LogP contribution in [0.15, 0.2) is 0 Å². The minimum Gasteiger partial charge on any atom is -0.316 e. The molecule has 0 spiro atoms. The molecule has 1 nitrogen and oxygen atoms in total. The van der Waals surface area contributed by atoms with Crippen LogP contribution in [0.4, 0.5) is 0 Å². The van der Waals surface area contributed by atoms with Gasteiger partial charge in [-0.2, -0.15) is 0 Å². The third-order valence-corrected chi connectivity index (χ3v) is 4.19. The highest BCUT2D eigenvalue weighted by Crippen LogP contribution is 2.52. The lowest BCUT2D eigenvalue weighted by Crippen LogP contribution is -2.38. The zero-order valence-electron chi connectivity index (χ0n) is 7.74. The van der Waals surface area contributed by atoms with E-state index in [1.165, 1.54) is 38.8 Å². The molecule has 0 unspecified atom stereocenters. The van der Waals surface area contributed by atoms with Crippen LogP contribution >= 0.6 is 0 Å². The zero-order valence-corrected chi connectivity index (χ0v) is 7.74. The maximum absolute atomic E-state index is 3.55. The molecule has 1 saturated carbocycles. The topological polar surface area (TPSA) is 12.0 Å². The van der Waals surface area contributed by atoms with E-state index in [4.69, 9.17) is 0 Å². The molecule has 1 aliphatic carbocycles. The first-order valence-electron chi connectivity index (χ1n) is 4.87. The van der Waals surface area contributed by atoms with Crippen molar-refractivity contribution in [3.05, 3.63) is 0 Å². The van der Waals surface area contributed by atoms with Crippen LogP contribution in [0, 0.1) is 10.8 Å². The Hall–Kier alpha value is -0.0400. The van der Waals surface area contributed by atoms with Crippen LogP contribution < -0.4 is 5.32 Å². The molecule has 0 bridgehead atoms. The third kappa shape index (κ3) is 0.936. The Kier molecular flexibility index (Phi) is 1.54. The standard InChI is InChI=1S/C10H19N/c1-9-5-3-4-6-10(9,2)8-11-7-9/h11H,3-8H2,1-2H3/t9-,10+. The molecule has 0 aromatic heterocycles. The van der Waals surface area contributed by atoms with Gasteiger partial charge < -0.3 is 5.32 Å². The fourth-order valence-electron chi connectivity index (χ4n) is 2.85. The van der Waals surface area contributed by atoms with Gasteiger partial charge in [-0.25, -0.2) is 0 Å². The normalized spacial score (nSPS) is 50.7. The summed E-state index contributed by atoms with van der Waals surface area (Å²) >= 11 is 0. The van der Waals surface area contributed by atoms with E-state index >= 15 is 0 Å². The van der Waals surface area contributed by atoms with E-state index < -0.39 is 0 Å². The maximum Gasteiger partial charge on any atom is 0.00111 e. The molecule has 1 heterocycles. The SMILES string of the molecule is C[C@@]12CCCC[C@]1(C)CNC2. The molecule has 2 atom stereocenters. The van der Waals surface area contributed by atoms with Gasteiger partial charge in [-0.05, 0) is 23.7 Å². The van der Waals surface area contributed by atoms with Crippen molar-refractivity contribution < 1.29 is 0 Å². The summed E-state index contributed by atoms with van der Waals surface area (Å²) in [4.78, 5) is 0. The van der Waals surface area contributed by atoms with Gasteiger partial charge in [0.25, 0.3) is 0 Å². The molecule has 2 aliphatic rings. The summed E-state index contributed by atoms with van der Waals surface area (Å²) in [6.45, 7) is 7.44. The summed E-state index contributed by atoms with van der Waals surface area (Å²) in [6.07, 6.45) is 5.79. The van der Waals surface area contributed by atoms with Gasteiger partial charge in [-0.3, -0.25) is 0 Å². The quantitative estimate of drug-likeness (QED) is 0.562. The summed E-state index contributed by atoms with van der Waals surface area (Å²) in [5.74, 6) is 0. The van der Waals surface area contributed by atoms with Gasteiger partial charge >= 0.3 is 0 Å². The highest BCUT2D eigenvalue weighted by atomic mass is 15.0. The van der Waals surface area contributed by atoms with Crippen LogP contribution in [0.3, 0.4) is 0 Å². The second kappa shape index (κ2) is 2.22. The first kappa shape index (κ1) is 7.60. The van der Waals surface area contributed by atoms with E-state index in [0.717, 1.165) is 0 Å². The fourth-order valence-corrected chi connectivity index (χ4v) is 2.85. The predicted octanol–water partition coefficient (Wildman–Crippen LogP) is 2.18. The smallest absolute Gasteiger partial charge is 0.00111 e. The van der Waals surface area contributed by atoms with Crippen molar-refractivity contribution >= 4 is 0 Å². The average molecular weight is 153 g/mol. The van der Waals surface area contributed by atoms with E-state index in [0.29, 0.717) is 10.8 Å². The molecule has 64 valence electrons. The van der Waals surface area contributed by atoms with Crippen LogP contribution in [-0.4, -0.2) is 13.1 Å². The van der Waals surface area contributed by atoms with Gasteiger partial charge in [0.1, 0.15) is 0 Å². The van der Waals surface area contributed by atoms with E-state index in [9.17, 15) is 0 Å². The summed E-state index contributed by atoms with van der Waals surface area (Å²) in [6, 6.07) is 0. The molecule has 2 rings (SSSR count). The molecule has 1 saturated heterocycles. The number of hydrogen-bond acceptors (Lipinski definition) is 1. The Morgan fingerprint density at radius 2 is 1.36 bits per heavy atom. The fraction of sp³-hybridized carbons (Fsp3) is 1.00. The van der Waals surface area contributed by atoms with Crippen LogP contribution in [0.1, 0.15) is 39.5 Å². The molecule has 11 heavy (non-hydrogen) atoms. The molecule has 0 aromatic carbocycles. The van der Waals surface area contributed by atoms with Crippen molar-refractivity contribution in [1.82, 2.24) is 5.32 Å². The van der Waals surface area contributed by atoms with Gasteiger partial charge in [-0.1, -0.05) is 26.7 Å². The molecule has 0 aromatic rings. The van der Waals surface area contributed by atoms with Crippen molar-refractivity contribution in [3.63, 3.8) is 0 Å². The number of hydrogen-bond donors (Lipinski definition) is 1. The van der Waals surface area contributed by atoms with Crippen LogP contribution in [-0.2, 0) is 0 Å². The van der Waals surface area contributed by atoms with Crippen LogP contribution in [0.5, 0.6) is 0 Å². The second-order valence-electron chi connectivity index (χ2n) is 4.93. The Labute approximate surface area is 69.6 Å². The zero-order chi connectivity index (χ0) is 7.95. The number of fused-ring (bicyclic) bond motifs is 1. The molecule has 0 radical (unpaired) electrons. The average Bonchev–Trinajstić information content (AvgIpc) is 2.25. The second-order valence-corrected chi connectivity index (χ2v) is 4.93. The van der Waals surface area contributed by atoms with Crippen molar-refractivity contribution in [2.24, 2.45) is 10.8 Å². The number of nitrogens with one attached hydrogen (secondary N) is 1. The van der Waals surface area contributed by atoms with Crippen molar-refractivity contribution in [1.29, 1.82) is 0 Å². The van der Waals surface area contributed by atoms with Crippen molar-refractivity contribution in [2.75, 3.05) is 13.1 Å². The van der Waals surface area contributed by atoms with Gasteiger partial charge in [0.2, 0.25) is 0 Å². The Bertz CT molecular complexity index is 148. The van der Waals surface area contributed by atoms with Gasteiger partial charge in [0.05, 0.1) is 0 Å². The van der Waals surface area contributed by atoms with E-state index in [1.807, 2.05) is 0 Å². The maximum atomic E-state index is 3.55. The first-order chi connectivity index (χ1) is 5.16. The Morgan fingerprint density at radius 3 is 1.82 bits per heavy atom. The van der Waals surface area contributed by atoms with E-state index in [2.05, 4.69) is 19.2 Å². The summed E-state index contributed by atoms with van der Waals surface area (Å²) in [5, 5.41) is 3.55. The lowest BCUT2D eigenvalue weighted by Gasteiger charge is -2.44. The summed E-state index contributed by atoms with van der Waals surface area (Å²) < 4.78 is 0. The van der Waals surface area contributed by atoms with E-state index in [1.54, 1.807) is 0 Å². The predicted molar refractivity (Wildman–Crippen MR) is 47.6 cm³/mol. The Balaban J connectivity index is 2.24. The van der Waals surface area contributed by atoms with Crippen molar-refractivity contribution in [2.45, 2.75) is 39.5 Å². The first-order valence-corrected chi connectivity index (χ1v) is 4.87. The lowest BCUT2D eigenvalue weighted by atomic mass is 9.60. The largest absolute Gasteiger partial charge is 0.316 e. The van der Waals surface area contributed by atoms with E-state index in [-0.39, 0.29) is 0 Å². The minimum atomic E-state index is 0.616. The molecule has 1 aliphatic heterocycles. The van der Waals surface area contributed by atoms with Gasteiger partial charge in [-0.15, -0.1) is 0 Å². The minimum absolute atomic E-state index is 0.616. The molecule has 2 fully saturated rings. The lowest BCUT2D eigenvalue weighted by molar-refractivity contribution is 0.0730. The molecule has 1 N–H and O–H groups in total. The van der Waals surface area contributed by atoms with Gasteiger partial charge in [0, 0.05) is 13.1 Å². The highest BCUT2D eigenvalue weighted by Gasteiger charge is 2.49. The highest BCUT2D eigenvalue weighted by molar-refractivity contribution is 5.02. The molecule has 1 heteroatoms. The molecule has 0 amide bonds.